The second-order valence-corrected chi connectivity index (χ2v) is 3.48. The van der Waals surface area contributed by atoms with Crippen LogP contribution >= 0.6 is 11.5 Å². The van der Waals surface area contributed by atoms with E-state index in [1.807, 2.05) is 0 Å². The van der Waals surface area contributed by atoms with E-state index in [1.165, 1.54) is 0 Å². The Morgan fingerprint density at radius 3 is 1.00 bits per heavy atom. The maximum Gasteiger partial charge on any atom is 0.522 e. The van der Waals surface area contributed by atoms with Gasteiger partial charge in [0, 0.05) is 0 Å². The molecule has 4 nitrogen and oxygen atoms in total. The van der Waals surface area contributed by atoms with Crippen LogP contribution in [-0.2, 0) is 10.1 Å². The van der Waals surface area contributed by atoms with E-state index in [0.717, 1.165) is 0 Å². The van der Waals surface area contributed by atoms with Gasteiger partial charge in [0.25, 0.3) is 0 Å². The molecule has 0 unspecified atom stereocenters. The van der Waals surface area contributed by atoms with Gasteiger partial charge in [-0.25, -0.2) is 0 Å². The standard InChI is InChI=1S/CHF3O3S.F3HOS/c2-1(3,4)8(5,6)7;1-5(2,3)4/h(H,5,6,7);4H. The molecule has 84 valence electrons. The Morgan fingerprint density at radius 2 is 1.00 bits per heavy atom. The van der Waals surface area contributed by atoms with E-state index in [9.17, 15) is 24.8 Å². The molecular weight excluding hydrogens is 254 g/mol. The maximum absolute atomic E-state index is 10.7. The minimum atomic E-state index is -5.84. The normalized spacial score (nSPS) is 14.5. The summed E-state index contributed by atoms with van der Waals surface area (Å²) in [4.78, 5) is 0. The third-order valence-electron chi connectivity index (χ3n) is 0.292. The number of hydrogen-bond donors (Lipinski definition) is 2. The van der Waals surface area contributed by atoms with Crippen LogP contribution in [0.15, 0.2) is 0 Å². The summed E-state index contributed by atoms with van der Waals surface area (Å²) in [7, 11) is -5.84. The molecule has 0 bridgehead atoms. The largest absolute Gasteiger partial charge is 0.522 e. The summed E-state index contributed by atoms with van der Waals surface area (Å²) in [6, 6.07) is 0. The van der Waals surface area contributed by atoms with E-state index in [0.29, 0.717) is 0 Å². The van der Waals surface area contributed by atoms with E-state index in [1.54, 1.807) is 0 Å². The van der Waals surface area contributed by atoms with Crippen molar-refractivity contribution in [1.29, 1.82) is 0 Å². The molecule has 0 spiro atoms. The van der Waals surface area contributed by atoms with Gasteiger partial charge in [0.2, 0.25) is 0 Å². The zero-order valence-electron chi connectivity index (χ0n) is 5.30. The molecule has 0 aliphatic heterocycles. The first-order chi connectivity index (χ1) is 5.25. The lowest BCUT2D eigenvalue weighted by Gasteiger charge is -1.97. The van der Waals surface area contributed by atoms with E-state index in [-0.39, 0.29) is 0 Å². The highest BCUT2D eigenvalue weighted by Crippen LogP contribution is 2.47. The van der Waals surface area contributed by atoms with Crippen molar-refractivity contribution in [3.05, 3.63) is 0 Å². The Labute approximate surface area is 70.3 Å². The summed E-state index contributed by atoms with van der Waals surface area (Å²) in [6.45, 7) is 0. The Hall–Kier alpha value is -0.200. The van der Waals surface area contributed by atoms with Crippen LogP contribution in [0.2, 0.25) is 0 Å². The highest BCUT2D eigenvalue weighted by Gasteiger charge is 2.44. The lowest BCUT2D eigenvalue weighted by atomic mass is 11.6. The van der Waals surface area contributed by atoms with Gasteiger partial charge in [-0.2, -0.15) is 21.6 Å². The molecule has 0 heterocycles. The van der Waals surface area contributed by atoms with Crippen molar-refractivity contribution in [1.82, 2.24) is 0 Å². The third kappa shape index (κ3) is 14.6. The van der Waals surface area contributed by atoms with Gasteiger partial charge in [-0.05, 0) is 0 Å². The molecule has 0 aromatic rings. The second kappa shape index (κ2) is 4.34. The summed E-state index contributed by atoms with van der Waals surface area (Å²) >= 11 is -5.67. The molecular formula is CH2F6O4S2. The highest BCUT2D eigenvalue weighted by atomic mass is 32.4. The number of rotatable bonds is 0. The Morgan fingerprint density at radius 1 is 0.923 bits per heavy atom. The number of alkyl halides is 3. The molecule has 0 fully saturated rings. The van der Waals surface area contributed by atoms with Crippen molar-refractivity contribution < 1.29 is 42.4 Å². The average molecular weight is 256 g/mol. The second-order valence-electron chi connectivity index (χ2n) is 1.30. The van der Waals surface area contributed by atoms with Crippen molar-refractivity contribution >= 4 is 21.6 Å². The van der Waals surface area contributed by atoms with Crippen molar-refractivity contribution in [3.8, 4) is 0 Å². The topological polar surface area (TPSA) is 74.6 Å². The van der Waals surface area contributed by atoms with Crippen LogP contribution in [-0.4, -0.2) is 23.0 Å². The van der Waals surface area contributed by atoms with Crippen LogP contribution in [0.25, 0.3) is 0 Å². The first-order valence-corrected chi connectivity index (χ1v) is 4.66. The van der Waals surface area contributed by atoms with E-state index in [4.69, 9.17) is 17.5 Å². The van der Waals surface area contributed by atoms with Crippen LogP contribution in [0.5, 0.6) is 0 Å². The van der Waals surface area contributed by atoms with Crippen LogP contribution in [0.3, 0.4) is 0 Å². The molecule has 0 aliphatic rings. The summed E-state index contributed by atoms with van der Waals surface area (Å²) in [5.41, 5.74) is -5.53. The molecule has 12 heteroatoms. The van der Waals surface area contributed by atoms with Crippen LogP contribution < -0.4 is 0 Å². The maximum atomic E-state index is 10.7. The molecule has 0 radical (unpaired) electrons. The molecule has 2 N–H and O–H groups in total. The lowest BCUT2D eigenvalue weighted by molar-refractivity contribution is -0.0510. The predicted molar refractivity (Wildman–Crippen MR) is 31.1 cm³/mol. The summed E-state index contributed by atoms with van der Waals surface area (Å²) in [6.07, 6.45) is 0. The first kappa shape index (κ1) is 15.3. The highest BCUT2D eigenvalue weighted by molar-refractivity contribution is 8.15. The summed E-state index contributed by atoms with van der Waals surface area (Å²) in [5, 5.41) is 0. The van der Waals surface area contributed by atoms with Crippen molar-refractivity contribution in [2.75, 3.05) is 0 Å². The van der Waals surface area contributed by atoms with Crippen molar-refractivity contribution in [2.45, 2.75) is 5.51 Å². The van der Waals surface area contributed by atoms with Gasteiger partial charge in [0.1, 0.15) is 0 Å². The monoisotopic (exact) mass is 256 g/mol. The van der Waals surface area contributed by atoms with Gasteiger partial charge in [0.15, 0.2) is 0 Å². The number of hydrogen-bond acceptors (Lipinski definition) is 3. The molecule has 13 heavy (non-hydrogen) atoms. The summed E-state index contributed by atoms with van der Waals surface area (Å²) in [5.74, 6) is 0. The van der Waals surface area contributed by atoms with Gasteiger partial charge in [-0.3, -0.25) is 9.11 Å². The van der Waals surface area contributed by atoms with Crippen LogP contribution in [0, 0.1) is 0 Å². The van der Waals surface area contributed by atoms with Gasteiger partial charge < -0.3 is 0 Å². The minimum Gasteiger partial charge on any atom is -0.279 e. The zero-order chi connectivity index (χ0) is 11.5. The predicted octanol–water partition coefficient (Wildman–Crippen LogP) is 2.31. The molecule has 0 atom stereocenters. The van der Waals surface area contributed by atoms with E-state index >= 15 is 0 Å². The average Bonchev–Trinajstić information content (AvgIpc) is 1.50. The molecule has 0 saturated heterocycles. The quantitative estimate of drug-likeness (QED) is 0.396. The Bertz CT molecular complexity index is 228. The van der Waals surface area contributed by atoms with Crippen molar-refractivity contribution in [2.24, 2.45) is 0 Å². The molecule has 0 aromatic heterocycles. The lowest BCUT2D eigenvalue weighted by Crippen LogP contribution is -2.21. The fourth-order valence-electron chi connectivity index (χ4n) is 0. The third-order valence-corrected chi connectivity index (χ3v) is 0.877. The zero-order valence-corrected chi connectivity index (χ0v) is 6.93. The van der Waals surface area contributed by atoms with E-state index < -0.39 is 27.1 Å². The van der Waals surface area contributed by atoms with E-state index in [2.05, 4.69) is 0 Å². The molecule has 0 saturated carbocycles. The number of halogens is 6. The fraction of sp³-hybridized carbons (Fsp3) is 1.00. The van der Waals surface area contributed by atoms with Gasteiger partial charge in [-0.15, -0.1) is 0 Å². The van der Waals surface area contributed by atoms with Gasteiger partial charge >= 0.3 is 27.1 Å². The SMILES string of the molecule is O=S(=O)(O)C(F)(F)F.OS(F)(F)F. The Balaban J connectivity index is 0. The Kier molecular flexibility index (Phi) is 5.11. The molecule has 0 amide bonds. The molecule has 0 aromatic carbocycles. The first-order valence-electron chi connectivity index (χ1n) is 1.93. The smallest absolute Gasteiger partial charge is 0.279 e. The van der Waals surface area contributed by atoms with Gasteiger partial charge in [-0.1, -0.05) is 11.7 Å². The van der Waals surface area contributed by atoms with Crippen LogP contribution in [0.1, 0.15) is 0 Å². The van der Waals surface area contributed by atoms with Crippen molar-refractivity contribution in [3.63, 3.8) is 0 Å². The van der Waals surface area contributed by atoms with Crippen LogP contribution in [0.4, 0.5) is 24.8 Å². The summed E-state index contributed by atoms with van der Waals surface area (Å²) < 4.78 is 94.1. The van der Waals surface area contributed by atoms with Gasteiger partial charge in [0.05, 0.1) is 0 Å². The fourth-order valence-corrected chi connectivity index (χ4v) is 0. The molecule has 0 aliphatic carbocycles. The minimum absolute atomic E-state index is 5.53. The molecule has 0 rings (SSSR count).